The lowest BCUT2D eigenvalue weighted by Crippen LogP contribution is -2.12. The molecule has 0 atom stereocenters. The maximum atomic E-state index is 11.2. The molecule has 0 bridgehead atoms. The van der Waals surface area contributed by atoms with Crippen LogP contribution >= 0.6 is 0 Å². The minimum absolute atomic E-state index is 0.00656. The number of allylic oxidation sites excluding steroid dienone is 14. The SMILES string of the molecule is NC(=O)/C1=C/C=C\C=C/C=C\C=C/C=C\C=C/C=C\ON=N1. The second kappa shape index (κ2) is 11.6. The van der Waals surface area contributed by atoms with Crippen LogP contribution in [0.5, 0.6) is 0 Å². The molecule has 0 spiro atoms. The molecule has 1 amide bonds. The van der Waals surface area contributed by atoms with E-state index in [-0.39, 0.29) is 5.70 Å². The number of nitrogens with two attached hydrogens (primary N) is 1. The van der Waals surface area contributed by atoms with Gasteiger partial charge in [-0.2, -0.15) is 0 Å². The Bertz CT molecular complexity index is 616. The summed E-state index contributed by atoms with van der Waals surface area (Å²) in [7, 11) is 0. The van der Waals surface area contributed by atoms with Gasteiger partial charge in [0.15, 0.2) is 5.70 Å². The Morgan fingerprint density at radius 2 is 1.23 bits per heavy atom. The van der Waals surface area contributed by atoms with Crippen LogP contribution < -0.4 is 5.73 Å². The minimum Gasteiger partial charge on any atom is -0.364 e. The minimum atomic E-state index is -0.689. The first-order chi connectivity index (χ1) is 10.8. The molecule has 0 saturated carbocycles. The Kier molecular flexibility index (Phi) is 8.88. The number of amides is 1. The summed E-state index contributed by atoms with van der Waals surface area (Å²) in [6, 6.07) is 0. The quantitative estimate of drug-likeness (QED) is 0.802. The zero-order valence-corrected chi connectivity index (χ0v) is 11.9. The van der Waals surface area contributed by atoms with Crippen LogP contribution in [0.15, 0.2) is 107 Å². The molecule has 1 aliphatic heterocycles. The molecule has 1 heterocycles. The van der Waals surface area contributed by atoms with Crippen molar-refractivity contribution in [1.82, 2.24) is 0 Å². The maximum Gasteiger partial charge on any atom is 0.269 e. The second-order valence-corrected chi connectivity index (χ2v) is 3.84. The van der Waals surface area contributed by atoms with Gasteiger partial charge in [0, 0.05) is 5.28 Å². The number of primary amides is 1. The van der Waals surface area contributed by atoms with E-state index in [0.29, 0.717) is 0 Å². The first-order valence-corrected chi connectivity index (χ1v) is 6.54. The van der Waals surface area contributed by atoms with E-state index in [4.69, 9.17) is 10.6 Å². The normalized spacial score (nSPS) is 28.3. The van der Waals surface area contributed by atoms with Crippen molar-refractivity contribution < 1.29 is 9.63 Å². The van der Waals surface area contributed by atoms with Gasteiger partial charge in [0.1, 0.15) is 6.26 Å². The van der Waals surface area contributed by atoms with Crippen LogP contribution in [-0.4, -0.2) is 5.91 Å². The van der Waals surface area contributed by atoms with Crippen LogP contribution in [-0.2, 0) is 9.63 Å². The summed E-state index contributed by atoms with van der Waals surface area (Å²) < 4.78 is 0. The molecule has 0 aromatic heterocycles. The Balaban J connectivity index is 2.86. The van der Waals surface area contributed by atoms with Gasteiger partial charge in [-0.3, -0.25) is 4.79 Å². The van der Waals surface area contributed by atoms with Gasteiger partial charge in [-0.25, -0.2) is 0 Å². The monoisotopic (exact) mass is 295 g/mol. The molecule has 0 saturated heterocycles. The van der Waals surface area contributed by atoms with Crippen molar-refractivity contribution in [3.63, 3.8) is 0 Å². The largest absolute Gasteiger partial charge is 0.364 e. The van der Waals surface area contributed by atoms with Crippen molar-refractivity contribution in [1.29, 1.82) is 0 Å². The number of hydrogen-bond donors (Lipinski definition) is 1. The molecule has 112 valence electrons. The third-order valence-corrected chi connectivity index (χ3v) is 2.18. The molecule has 0 fully saturated rings. The fraction of sp³-hybridized carbons (Fsp3) is 0. The van der Waals surface area contributed by atoms with E-state index in [2.05, 4.69) is 10.4 Å². The Morgan fingerprint density at radius 3 is 1.73 bits per heavy atom. The molecular formula is C17H17N3O2. The lowest BCUT2D eigenvalue weighted by atomic mass is 10.3. The molecule has 1 rings (SSSR count). The lowest BCUT2D eigenvalue weighted by Gasteiger charge is -1.91. The highest BCUT2D eigenvalue weighted by Gasteiger charge is 2.00. The van der Waals surface area contributed by atoms with Crippen molar-refractivity contribution in [3.8, 4) is 0 Å². The first-order valence-electron chi connectivity index (χ1n) is 6.54. The summed E-state index contributed by atoms with van der Waals surface area (Å²) in [6.07, 6.45) is 26.4. The summed E-state index contributed by atoms with van der Waals surface area (Å²) in [5.74, 6) is -0.689. The highest BCUT2D eigenvalue weighted by molar-refractivity contribution is 5.91. The van der Waals surface area contributed by atoms with Gasteiger partial charge in [-0.15, -0.1) is 5.11 Å². The predicted molar refractivity (Wildman–Crippen MR) is 87.2 cm³/mol. The van der Waals surface area contributed by atoms with E-state index in [0.717, 1.165) is 0 Å². The number of rotatable bonds is 1. The first kappa shape index (κ1) is 16.8. The van der Waals surface area contributed by atoms with Crippen LogP contribution in [0.1, 0.15) is 0 Å². The molecule has 0 aromatic rings. The highest BCUT2D eigenvalue weighted by Crippen LogP contribution is 1.99. The van der Waals surface area contributed by atoms with Crippen molar-refractivity contribution in [2.45, 2.75) is 0 Å². The van der Waals surface area contributed by atoms with Gasteiger partial charge in [0.05, 0.1) is 0 Å². The average molecular weight is 295 g/mol. The van der Waals surface area contributed by atoms with E-state index >= 15 is 0 Å². The smallest absolute Gasteiger partial charge is 0.269 e. The number of nitrogens with zero attached hydrogens (tertiary/aromatic N) is 2. The van der Waals surface area contributed by atoms with Gasteiger partial charge in [0.2, 0.25) is 0 Å². The Labute approximate surface area is 129 Å². The van der Waals surface area contributed by atoms with E-state index in [1.807, 2.05) is 54.7 Å². The zero-order valence-electron chi connectivity index (χ0n) is 11.9. The van der Waals surface area contributed by atoms with Crippen molar-refractivity contribution >= 4 is 5.91 Å². The summed E-state index contributed by atoms with van der Waals surface area (Å²) in [4.78, 5) is 15.9. The fourth-order valence-corrected chi connectivity index (χ4v) is 1.19. The molecule has 5 nitrogen and oxygen atoms in total. The maximum absolute atomic E-state index is 11.2. The second-order valence-electron chi connectivity index (χ2n) is 3.84. The third kappa shape index (κ3) is 8.82. The number of carbonyl (C=O) groups is 1. The molecule has 0 unspecified atom stereocenters. The topological polar surface area (TPSA) is 77.0 Å². The van der Waals surface area contributed by atoms with Crippen molar-refractivity contribution in [3.05, 3.63) is 97.0 Å². The van der Waals surface area contributed by atoms with E-state index in [1.54, 1.807) is 24.3 Å². The molecule has 2 N–H and O–H groups in total. The van der Waals surface area contributed by atoms with Crippen LogP contribution in [0.4, 0.5) is 0 Å². The molecule has 5 heteroatoms. The van der Waals surface area contributed by atoms with Crippen molar-refractivity contribution in [2.75, 3.05) is 0 Å². The van der Waals surface area contributed by atoms with E-state index in [9.17, 15) is 4.79 Å². The van der Waals surface area contributed by atoms with Crippen LogP contribution in [0, 0.1) is 0 Å². The molecule has 22 heavy (non-hydrogen) atoms. The van der Waals surface area contributed by atoms with E-state index < -0.39 is 5.91 Å². The summed E-state index contributed by atoms with van der Waals surface area (Å²) >= 11 is 0. The van der Waals surface area contributed by atoms with Crippen LogP contribution in [0.2, 0.25) is 0 Å². The molecule has 0 radical (unpaired) electrons. The van der Waals surface area contributed by atoms with Gasteiger partial charge < -0.3 is 10.6 Å². The highest BCUT2D eigenvalue weighted by atomic mass is 16.6. The van der Waals surface area contributed by atoms with Crippen molar-refractivity contribution in [2.24, 2.45) is 16.1 Å². The molecular weight excluding hydrogens is 278 g/mol. The third-order valence-electron chi connectivity index (χ3n) is 2.18. The average Bonchev–Trinajstić information content (AvgIpc) is 2.50. The summed E-state index contributed by atoms with van der Waals surface area (Å²) in [5, 5.41) is 7.00. The predicted octanol–water partition coefficient (Wildman–Crippen LogP) is 3.60. The lowest BCUT2D eigenvalue weighted by molar-refractivity contribution is -0.114. The zero-order chi connectivity index (χ0) is 15.9. The standard InChI is InChI=1S/C17H17N3O2/c18-17(21)16-14-12-10-8-6-4-2-1-3-5-7-9-11-13-15-22-20-19-16/h1-15H,(H2,18,21)/b3-1-,4-2-,7-5-,8-6-,11-9-,12-10-,15-13-,16-14-,20-19?. The summed E-state index contributed by atoms with van der Waals surface area (Å²) in [5.41, 5.74) is 5.17. The molecule has 0 aromatic carbocycles. The van der Waals surface area contributed by atoms with E-state index in [1.165, 1.54) is 12.3 Å². The number of hydrogen-bond acceptors (Lipinski definition) is 4. The number of carbonyl (C=O) groups excluding carboxylic acids is 1. The van der Waals surface area contributed by atoms with Gasteiger partial charge in [0.25, 0.3) is 5.91 Å². The Morgan fingerprint density at radius 1 is 0.773 bits per heavy atom. The van der Waals surface area contributed by atoms with Gasteiger partial charge in [-0.05, 0) is 12.2 Å². The Hall–Kier alpha value is -3.21. The molecule has 1 aliphatic rings. The summed E-state index contributed by atoms with van der Waals surface area (Å²) in [6.45, 7) is 0. The van der Waals surface area contributed by atoms with Crippen LogP contribution in [0.25, 0.3) is 0 Å². The van der Waals surface area contributed by atoms with Crippen LogP contribution in [0.3, 0.4) is 0 Å². The van der Waals surface area contributed by atoms with Gasteiger partial charge in [-0.1, -0.05) is 72.9 Å². The van der Waals surface area contributed by atoms with Gasteiger partial charge >= 0.3 is 0 Å². The molecule has 0 aliphatic carbocycles. The fourth-order valence-electron chi connectivity index (χ4n) is 1.19.